The molecule has 1 N–H and O–H groups in total. The van der Waals surface area contributed by atoms with Gasteiger partial charge in [0.25, 0.3) is 5.91 Å². The van der Waals surface area contributed by atoms with Gasteiger partial charge in [-0.2, -0.15) is 0 Å². The number of aromatic hydroxyl groups is 1. The van der Waals surface area contributed by atoms with Crippen molar-refractivity contribution in [2.45, 2.75) is 13.8 Å². The first kappa shape index (κ1) is 19.8. The number of methoxy groups -OCH3 is 1. The molecule has 28 heavy (non-hydrogen) atoms. The maximum atomic E-state index is 12.8. The number of amidine groups is 1. The van der Waals surface area contributed by atoms with Crippen LogP contribution in [0.4, 0.5) is 5.69 Å². The number of hydrogen-bond acceptors (Lipinski definition) is 6. The zero-order chi connectivity index (χ0) is 20.1. The molecule has 3 rings (SSSR count). The van der Waals surface area contributed by atoms with Crippen LogP contribution in [0.1, 0.15) is 19.4 Å². The number of carbonyl (C=O) groups is 1. The second kappa shape index (κ2) is 8.84. The third-order valence-electron chi connectivity index (χ3n) is 4.08. The van der Waals surface area contributed by atoms with Gasteiger partial charge in [-0.05, 0) is 73.6 Å². The fraction of sp³-hybridized carbons (Fsp3) is 0.238. The lowest BCUT2D eigenvalue weighted by Gasteiger charge is -2.12. The van der Waals surface area contributed by atoms with Crippen LogP contribution in [-0.4, -0.2) is 41.3 Å². The molecule has 0 saturated carbocycles. The molecule has 1 aliphatic rings. The summed E-state index contributed by atoms with van der Waals surface area (Å²) >= 11 is 1.33. The average molecular weight is 398 g/mol. The maximum absolute atomic E-state index is 12.8. The number of likely N-dealkylation sites (N-methyl/N-ethyl adjacent to an activating group) is 1. The van der Waals surface area contributed by atoms with Crippen molar-refractivity contribution in [3.63, 3.8) is 0 Å². The van der Waals surface area contributed by atoms with E-state index < -0.39 is 0 Å². The van der Waals surface area contributed by atoms with Crippen molar-refractivity contribution in [2.75, 3.05) is 20.3 Å². The predicted octanol–water partition coefficient (Wildman–Crippen LogP) is 4.42. The van der Waals surface area contributed by atoms with Gasteiger partial charge in [0.1, 0.15) is 5.75 Å². The first-order valence-electron chi connectivity index (χ1n) is 8.95. The number of carbonyl (C=O) groups excluding carboxylic acids is 1. The molecule has 1 saturated heterocycles. The lowest BCUT2D eigenvalue weighted by atomic mass is 10.2. The number of aliphatic imine (C=N–C) groups is 1. The van der Waals surface area contributed by atoms with Crippen LogP contribution in [0, 0.1) is 0 Å². The zero-order valence-electron chi connectivity index (χ0n) is 16.0. The van der Waals surface area contributed by atoms with Gasteiger partial charge in [0, 0.05) is 6.54 Å². The van der Waals surface area contributed by atoms with E-state index in [9.17, 15) is 9.90 Å². The first-order valence-corrected chi connectivity index (χ1v) is 9.77. The fourth-order valence-electron chi connectivity index (χ4n) is 2.68. The van der Waals surface area contributed by atoms with Gasteiger partial charge in [-0.3, -0.25) is 9.69 Å². The Hall–Kier alpha value is -2.93. The van der Waals surface area contributed by atoms with E-state index in [1.165, 1.54) is 11.8 Å². The summed E-state index contributed by atoms with van der Waals surface area (Å²) in [6, 6.07) is 12.4. The standard InChI is InChI=1S/C21H22N2O4S/c1-4-23-20(25)19(13-14-6-11-17(24)18(12-14)27-5-2)28-21(23)22-15-7-9-16(26-3)10-8-15/h6-13,24H,4-5H2,1-3H3/b19-13+,22-21?. The lowest BCUT2D eigenvalue weighted by Crippen LogP contribution is -2.28. The Bertz CT molecular complexity index is 923. The summed E-state index contributed by atoms with van der Waals surface area (Å²) in [5.41, 5.74) is 1.53. The van der Waals surface area contributed by atoms with Gasteiger partial charge in [0.2, 0.25) is 0 Å². The number of phenolic OH excluding ortho intramolecular Hbond substituents is 1. The Kier molecular flexibility index (Phi) is 6.26. The summed E-state index contributed by atoms with van der Waals surface area (Å²) in [4.78, 5) is 19.6. The zero-order valence-corrected chi connectivity index (χ0v) is 16.8. The minimum Gasteiger partial charge on any atom is -0.504 e. The summed E-state index contributed by atoms with van der Waals surface area (Å²) in [6.45, 7) is 4.74. The molecule has 6 nitrogen and oxygen atoms in total. The van der Waals surface area contributed by atoms with Crippen LogP contribution in [0.3, 0.4) is 0 Å². The number of thioether (sulfide) groups is 1. The van der Waals surface area contributed by atoms with Gasteiger partial charge in [-0.25, -0.2) is 4.99 Å². The summed E-state index contributed by atoms with van der Waals surface area (Å²) in [7, 11) is 1.61. The van der Waals surface area contributed by atoms with E-state index in [-0.39, 0.29) is 11.7 Å². The molecule has 0 spiro atoms. The van der Waals surface area contributed by atoms with Crippen molar-refractivity contribution in [2.24, 2.45) is 4.99 Å². The third kappa shape index (κ3) is 4.31. The Morgan fingerprint density at radius 3 is 2.57 bits per heavy atom. The van der Waals surface area contributed by atoms with Crippen molar-refractivity contribution in [1.29, 1.82) is 0 Å². The van der Waals surface area contributed by atoms with Gasteiger partial charge in [0.15, 0.2) is 16.7 Å². The molecule has 0 bridgehead atoms. The number of benzene rings is 2. The number of amides is 1. The second-order valence-electron chi connectivity index (χ2n) is 5.91. The molecular weight excluding hydrogens is 376 g/mol. The molecule has 1 fully saturated rings. The number of nitrogens with zero attached hydrogens (tertiary/aromatic N) is 2. The largest absolute Gasteiger partial charge is 0.504 e. The van der Waals surface area contributed by atoms with Crippen LogP contribution in [0.5, 0.6) is 17.2 Å². The highest BCUT2D eigenvalue weighted by Gasteiger charge is 2.32. The van der Waals surface area contributed by atoms with Crippen LogP contribution in [0.25, 0.3) is 6.08 Å². The van der Waals surface area contributed by atoms with Crippen molar-refractivity contribution in [1.82, 2.24) is 4.90 Å². The molecule has 0 atom stereocenters. The molecule has 7 heteroatoms. The van der Waals surface area contributed by atoms with E-state index in [4.69, 9.17) is 9.47 Å². The molecule has 1 aliphatic heterocycles. The minimum absolute atomic E-state index is 0.0753. The summed E-state index contributed by atoms with van der Waals surface area (Å²) in [6.07, 6.45) is 1.79. The van der Waals surface area contributed by atoms with E-state index >= 15 is 0 Å². The van der Waals surface area contributed by atoms with E-state index in [1.807, 2.05) is 38.1 Å². The van der Waals surface area contributed by atoms with Crippen LogP contribution >= 0.6 is 11.8 Å². The van der Waals surface area contributed by atoms with Crippen LogP contribution < -0.4 is 9.47 Å². The molecule has 1 amide bonds. The van der Waals surface area contributed by atoms with Gasteiger partial charge < -0.3 is 14.6 Å². The number of phenols is 1. The van der Waals surface area contributed by atoms with Crippen molar-refractivity contribution in [3.05, 3.63) is 52.9 Å². The van der Waals surface area contributed by atoms with Crippen LogP contribution in [-0.2, 0) is 4.79 Å². The maximum Gasteiger partial charge on any atom is 0.266 e. The average Bonchev–Trinajstić information content (AvgIpc) is 2.99. The Morgan fingerprint density at radius 2 is 1.93 bits per heavy atom. The second-order valence-corrected chi connectivity index (χ2v) is 6.92. The molecule has 0 aromatic heterocycles. The molecular formula is C21H22N2O4S. The SMILES string of the molecule is CCOc1cc(/C=C2/SC(=Nc3ccc(OC)cc3)N(CC)C2=O)ccc1O. The third-order valence-corrected chi connectivity index (χ3v) is 5.09. The Balaban J connectivity index is 1.89. The van der Waals surface area contributed by atoms with Gasteiger partial charge >= 0.3 is 0 Å². The van der Waals surface area contributed by atoms with E-state index in [1.54, 1.807) is 36.3 Å². The van der Waals surface area contributed by atoms with Crippen molar-refractivity contribution < 1.29 is 19.4 Å². The quantitative estimate of drug-likeness (QED) is 0.729. The molecule has 0 unspecified atom stereocenters. The van der Waals surface area contributed by atoms with E-state index in [0.717, 1.165) is 17.0 Å². The number of hydrogen-bond donors (Lipinski definition) is 1. The van der Waals surface area contributed by atoms with Crippen molar-refractivity contribution >= 4 is 34.6 Å². The monoisotopic (exact) mass is 398 g/mol. The summed E-state index contributed by atoms with van der Waals surface area (Å²) in [5.74, 6) is 1.13. The Labute approximate surface area is 168 Å². The topological polar surface area (TPSA) is 71.4 Å². The molecule has 2 aromatic carbocycles. The van der Waals surface area contributed by atoms with Gasteiger partial charge in [0.05, 0.1) is 24.3 Å². The van der Waals surface area contributed by atoms with Crippen molar-refractivity contribution in [3.8, 4) is 17.2 Å². The highest BCUT2D eigenvalue weighted by atomic mass is 32.2. The molecule has 0 radical (unpaired) electrons. The van der Waals surface area contributed by atoms with Gasteiger partial charge in [-0.15, -0.1) is 0 Å². The van der Waals surface area contributed by atoms with E-state index in [0.29, 0.717) is 29.0 Å². The Morgan fingerprint density at radius 1 is 1.18 bits per heavy atom. The fourth-order valence-corrected chi connectivity index (χ4v) is 3.74. The molecule has 1 heterocycles. The normalized spacial score (nSPS) is 16.8. The minimum atomic E-state index is -0.0919. The van der Waals surface area contributed by atoms with Crippen LogP contribution in [0.15, 0.2) is 52.4 Å². The van der Waals surface area contributed by atoms with Gasteiger partial charge in [-0.1, -0.05) is 6.07 Å². The molecule has 0 aliphatic carbocycles. The number of ether oxygens (including phenoxy) is 2. The van der Waals surface area contributed by atoms with E-state index in [2.05, 4.69) is 4.99 Å². The lowest BCUT2D eigenvalue weighted by molar-refractivity contribution is -0.122. The summed E-state index contributed by atoms with van der Waals surface area (Å²) in [5, 5.41) is 10.5. The first-order chi connectivity index (χ1) is 13.5. The molecule has 146 valence electrons. The summed E-state index contributed by atoms with van der Waals surface area (Å²) < 4.78 is 10.6. The highest BCUT2D eigenvalue weighted by Crippen LogP contribution is 2.35. The number of rotatable bonds is 6. The van der Waals surface area contributed by atoms with Crippen LogP contribution in [0.2, 0.25) is 0 Å². The highest BCUT2D eigenvalue weighted by molar-refractivity contribution is 8.18. The predicted molar refractivity (Wildman–Crippen MR) is 112 cm³/mol. The molecule has 2 aromatic rings. The smallest absolute Gasteiger partial charge is 0.266 e.